The average Bonchev–Trinajstić information content (AvgIpc) is 3.38. The predicted molar refractivity (Wildman–Crippen MR) is 97.7 cm³/mol. The molecule has 0 aliphatic carbocycles. The first-order valence-electron chi connectivity index (χ1n) is 8.75. The van der Waals surface area contributed by atoms with E-state index in [1.807, 2.05) is 30.3 Å². The summed E-state index contributed by atoms with van der Waals surface area (Å²) >= 11 is 0. The van der Waals surface area contributed by atoms with E-state index in [1.54, 1.807) is 12.7 Å². The van der Waals surface area contributed by atoms with Crippen molar-refractivity contribution in [3.8, 4) is 11.4 Å². The van der Waals surface area contributed by atoms with Crippen LogP contribution in [-0.2, 0) is 0 Å². The molecule has 0 bridgehead atoms. The number of aromatic nitrogens is 7. The second-order valence-electron chi connectivity index (χ2n) is 6.47. The predicted octanol–water partition coefficient (Wildman–Crippen LogP) is 2.52. The van der Waals surface area contributed by atoms with Crippen molar-refractivity contribution in [2.75, 3.05) is 18.0 Å². The number of anilines is 1. The smallest absolute Gasteiger partial charge is 0.182 e. The van der Waals surface area contributed by atoms with E-state index in [-0.39, 0.29) is 0 Å². The maximum atomic E-state index is 4.72. The Labute approximate surface area is 149 Å². The van der Waals surface area contributed by atoms with Gasteiger partial charge >= 0.3 is 0 Å². The van der Waals surface area contributed by atoms with Crippen LogP contribution in [-0.4, -0.2) is 48.2 Å². The van der Waals surface area contributed by atoms with Crippen LogP contribution in [0, 0.1) is 0 Å². The van der Waals surface area contributed by atoms with Gasteiger partial charge in [0.1, 0.15) is 17.7 Å². The van der Waals surface area contributed by atoms with E-state index in [0.29, 0.717) is 11.6 Å². The largest absolute Gasteiger partial charge is 0.355 e. The number of rotatable bonds is 3. The molecule has 0 saturated carbocycles. The molecular weight excluding hydrogens is 328 g/mol. The molecule has 0 atom stereocenters. The number of nitrogens with zero attached hydrogens (tertiary/aromatic N) is 6. The third kappa shape index (κ3) is 2.59. The highest BCUT2D eigenvalue weighted by Crippen LogP contribution is 2.30. The minimum absolute atomic E-state index is 0.385. The number of imidazole rings is 1. The van der Waals surface area contributed by atoms with Crippen LogP contribution in [0.1, 0.15) is 24.6 Å². The molecule has 3 aromatic heterocycles. The van der Waals surface area contributed by atoms with Gasteiger partial charge in [-0.05, 0) is 12.8 Å². The van der Waals surface area contributed by atoms with Crippen molar-refractivity contribution in [1.82, 2.24) is 35.1 Å². The molecule has 8 nitrogen and oxygen atoms in total. The van der Waals surface area contributed by atoms with Crippen LogP contribution in [0.5, 0.6) is 0 Å². The van der Waals surface area contributed by atoms with Gasteiger partial charge in [-0.1, -0.05) is 30.3 Å². The first kappa shape index (κ1) is 15.0. The molecule has 0 amide bonds. The Morgan fingerprint density at radius 1 is 1.00 bits per heavy atom. The van der Waals surface area contributed by atoms with Crippen molar-refractivity contribution in [2.24, 2.45) is 0 Å². The molecule has 130 valence electrons. The summed E-state index contributed by atoms with van der Waals surface area (Å²) in [4.78, 5) is 23.0. The van der Waals surface area contributed by atoms with Gasteiger partial charge in [0.2, 0.25) is 0 Å². The van der Waals surface area contributed by atoms with E-state index >= 15 is 0 Å². The third-order valence-corrected chi connectivity index (χ3v) is 4.92. The maximum Gasteiger partial charge on any atom is 0.182 e. The van der Waals surface area contributed by atoms with Crippen molar-refractivity contribution >= 4 is 17.0 Å². The Morgan fingerprint density at radius 2 is 1.85 bits per heavy atom. The fourth-order valence-corrected chi connectivity index (χ4v) is 3.53. The summed E-state index contributed by atoms with van der Waals surface area (Å²) in [7, 11) is 0. The quantitative estimate of drug-likeness (QED) is 0.591. The molecule has 1 aliphatic heterocycles. The molecule has 1 saturated heterocycles. The summed E-state index contributed by atoms with van der Waals surface area (Å²) in [6.45, 7) is 1.83. The molecule has 26 heavy (non-hydrogen) atoms. The van der Waals surface area contributed by atoms with Crippen molar-refractivity contribution in [2.45, 2.75) is 18.8 Å². The summed E-state index contributed by atoms with van der Waals surface area (Å²) in [6, 6.07) is 10.1. The average molecular weight is 346 g/mol. The number of hydrogen-bond donors (Lipinski definition) is 2. The van der Waals surface area contributed by atoms with Gasteiger partial charge in [-0.3, -0.25) is 5.10 Å². The van der Waals surface area contributed by atoms with Crippen LogP contribution < -0.4 is 4.90 Å². The SMILES string of the molecule is c1ccc(-c2n[nH]c(C3CCN(c4ncnc5nc[nH]c45)CC3)n2)cc1. The zero-order chi connectivity index (χ0) is 17.3. The molecule has 0 unspecified atom stereocenters. The van der Waals surface area contributed by atoms with Gasteiger partial charge in [0.15, 0.2) is 17.3 Å². The van der Waals surface area contributed by atoms with Crippen molar-refractivity contribution < 1.29 is 0 Å². The number of hydrogen-bond acceptors (Lipinski definition) is 6. The van der Waals surface area contributed by atoms with Crippen molar-refractivity contribution in [3.05, 3.63) is 48.8 Å². The first-order valence-corrected chi connectivity index (χ1v) is 8.75. The van der Waals surface area contributed by atoms with E-state index in [9.17, 15) is 0 Å². The Balaban J connectivity index is 1.32. The number of H-pyrrole nitrogens is 2. The third-order valence-electron chi connectivity index (χ3n) is 4.92. The minimum atomic E-state index is 0.385. The summed E-state index contributed by atoms with van der Waals surface area (Å²) in [5.41, 5.74) is 2.65. The second kappa shape index (κ2) is 6.21. The highest BCUT2D eigenvalue weighted by molar-refractivity contribution is 5.82. The molecule has 5 rings (SSSR count). The Morgan fingerprint density at radius 3 is 2.69 bits per heavy atom. The fraction of sp³-hybridized carbons (Fsp3) is 0.278. The van der Waals surface area contributed by atoms with E-state index in [0.717, 1.165) is 54.5 Å². The molecule has 1 fully saturated rings. The highest BCUT2D eigenvalue weighted by atomic mass is 15.2. The number of benzene rings is 1. The Bertz CT molecular complexity index is 1010. The van der Waals surface area contributed by atoms with E-state index < -0.39 is 0 Å². The molecule has 4 heterocycles. The van der Waals surface area contributed by atoms with Gasteiger partial charge in [-0.15, -0.1) is 0 Å². The lowest BCUT2D eigenvalue weighted by Crippen LogP contribution is -2.34. The monoisotopic (exact) mass is 346 g/mol. The number of nitrogens with one attached hydrogen (secondary N) is 2. The summed E-state index contributed by atoms with van der Waals surface area (Å²) in [5.74, 6) is 3.04. The van der Waals surface area contributed by atoms with Gasteiger partial charge in [0.05, 0.1) is 6.33 Å². The van der Waals surface area contributed by atoms with Crippen LogP contribution in [0.2, 0.25) is 0 Å². The minimum Gasteiger partial charge on any atom is -0.355 e. The molecule has 0 spiro atoms. The molecule has 1 aliphatic rings. The van der Waals surface area contributed by atoms with Crippen LogP contribution >= 0.6 is 0 Å². The standard InChI is InChI=1S/C18H18N8/c1-2-4-12(5-3-1)15-23-16(25-24-15)13-6-8-26(9-7-13)18-14-17(20-10-19-14)21-11-22-18/h1-5,10-11,13H,6-9H2,(H,23,24,25)(H,19,20,21,22). The maximum absolute atomic E-state index is 4.72. The van der Waals surface area contributed by atoms with Gasteiger partial charge in [0.25, 0.3) is 0 Å². The first-order chi connectivity index (χ1) is 12.9. The van der Waals surface area contributed by atoms with Crippen LogP contribution in [0.4, 0.5) is 5.82 Å². The molecule has 1 aromatic carbocycles. The second-order valence-corrected chi connectivity index (χ2v) is 6.47. The van der Waals surface area contributed by atoms with Gasteiger partial charge in [0, 0.05) is 24.6 Å². The van der Waals surface area contributed by atoms with Gasteiger partial charge < -0.3 is 9.88 Å². The normalized spacial score (nSPS) is 15.6. The summed E-state index contributed by atoms with van der Waals surface area (Å²) < 4.78 is 0. The Hall–Kier alpha value is -3.29. The number of fused-ring (bicyclic) bond motifs is 1. The fourth-order valence-electron chi connectivity index (χ4n) is 3.53. The molecule has 8 heteroatoms. The number of aromatic amines is 2. The zero-order valence-corrected chi connectivity index (χ0v) is 14.1. The van der Waals surface area contributed by atoms with Crippen LogP contribution in [0.25, 0.3) is 22.6 Å². The molecule has 0 radical (unpaired) electrons. The Kier molecular flexibility index (Phi) is 3.59. The van der Waals surface area contributed by atoms with Crippen LogP contribution in [0.15, 0.2) is 43.0 Å². The topological polar surface area (TPSA) is 99.3 Å². The zero-order valence-electron chi connectivity index (χ0n) is 14.1. The highest BCUT2D eigenvalue weighted by Gasteiger charge is 2.25. The molecular formula is C18H18N8. The van der Waals surface area contributed by atoms with Crippen molar-refractivity contribution in [3.63, 3.8) is 0 Å². The van der Waals surface area contributed by atoms with Gasteiger partial charge in [-0.2, -0.15) is 5.10 Å². The van der Waals surface area contributed by atoms with Crippen LogP contribution in [0.3, 0.4) is 0 Å². The van der Waals surface area contributed by atoms with Crippen molar-refractivity contribution in [1.29, 1.82) is 0 Å². The lowest BCUT2D eigenvalue weighted by Gasteiger charge is -2.31. The lowest BCUT2D eigenvalue weighted by molar-refractivity contribution is 0.485. The van der Waals surface area contributed by atoms with E-state index in [1.165, 1.54) is 0 Å². The summed E-state index contributed by atoms with van der Waals surface area (Å²) in [5, 5.41) is 7.52. The molecule has 2 N–H and O–H groups in total. The molecule has 4 aromatic rings. The van der Waals surface area contributed by atoms with E-state index in [2.05, 4.69) is 35.0 Å². The lowest BCUT2D eigenvalue weighted by atomic mass is 9.96. The number of piperidine rings is 1. The van der Waals surface area contributed by atoms with E-state index in [4.69, 9.17) is 4.98 Å². The van der Waals surface area contributed by atoms with Gasteiger partial charge in [-0.25, -0.2) is 19.9 Å². The summed E-state index contributed by atoms with van der Waals surface area (Å²) in [6.07, 6.45) is 5.24.